The average molecular weight is 440 g/mol. The Morgan fingerprint density at radius 2 is 1.00 bits per heavy atom. The molecular formula is C30H32OP+. The third-order valence-corrected chi connectivity index (χ3v) is 10.5. The van der Waals surface area contributed by atoms with Crippen molar-refractivity contribution in [2.75, 3.05) is 12.8 Å². The van der Waals surface area contributed by atoms with Gasteiger partial charge in [0, 0.05) is 6.61 Å². The lowest BCUT2D eigenvalue weighted by molar-refractivity contribution is 0.0913. The monoisotopic (exact) mass is 439 g/mol. The maximum atomic E-state index is 6.08. The Balaban J connectivity index is 1.58. The van der Waals surface area contributed by atoms with Crippen molar-refractivity contribution in [3.8, 4) is 0 Å². The van der Waals surface area contributed by atoms with Crippen LogP contribution >= 0.6 is 7.26 Å². The minimum absolute atomic E-state index is 0.495. The molecule has 0 aliphatic rings. The molecule has 4 aromatic carbocycles. The molecule has 0 aliphatic carbocycles. The van der Waals surface area contributed by atoms with Crippen LogP contribution in [0.5, 0.6) is 0 Å². The SMILES string of the molecule is C[C@H](CC[P+](c1ccccc1)(c1ccccc1)c1ccccc1)COCc1ccccc1. The molecule has 0 unspecified atom stereocenters. The van der Waals surface area contributed by atoms with Gasteiger partial charge in [-0.05, 0) is 54.3 Å². The Hall–Kier alpha value is -2.73. The van der Waals surface area contributed by atoms with Crippen molar-refractivity contribution in [1.29, 1.82) is 0 Å². The van der Waals surface area contributed by atoms with E-state index < -0.39 is 7.26 Å². The molecule has 32 heavy (non-hydrogen) atoms. The van der Waals surface area contributed by atoms with E-state index in [0.717, 1.165) is 19.2 Å². The molecule has 0 N–H and O–H groups in total. The summed E-state index contributed by atoms with van der Waals surface area (Å²) in [7, 11) is -1.75. The predicted octanol–water partition coefficient (Wildman–Crippen LogP) is 6.22. The normalized spacial score (nSPS) is 12.4. The summed E-state index contributed by atoms with van der Waals surface area (Å²) in [5.41, 5.74) is 1.24. The highest BCUT2D eigenvalue weighted by atomic mass is 31.2. The van der Waals surface area contributed by atoms with E-state index in [1.54, 1.807) is 0 Å². The Kier molecular flexibility index (Phi) is 7.88. The molecule has 1 atom stereocenters. The van der Waals surface area contributed by atoms with Crippen LogP contribution in [-0.4, -0.2) is 12.8 Å². The zero-order valence-corrected chi connectivity index (χ0v) is 19.7. The van der Waals surface area contributed by atoms with Crippen LogP contribution in [0.2, 0.25) is 0 Å². The zero-order chi connectivity index (χ0) is 22.1. The van der Waals surface area contributed by atoms with Crippen molar-refractivity contribution >= 4 is 23.2 Å². The first-order valence-electron chi connectivity index (χ1n) is 11.5. The van der Waals surface area contributed by atoms with Crippen molar-refractivity contribution in [2.45, 2.75) is 20.0 Å². The van der Waals surface area contributed by atoms with Crippen molar-refractivity contribution < 1.29 is 4.74 Å². The highest BCUT2D eigenvalue weighted by molar-refractivity contribution is 7.95. The lowest BCUT2D eigenvalue weighted by Gasteiger charge is -2.28. The van der Waals surface area contributed by atoms with Gasteiger partial charge >= 0.3 is 0 Å². The maximum absolute atomic E-state index is 6.08. The second kappa shape index (κ2) is 11.2. The molecule has 0 saturated heterocycles. The summed E-state index contributed by atoms with van der Waals surface area (Å²) in [6.07, 6.45) is 2.27. The maximum Gasteiger partial charge on any atom is 0.112 e. The van der Waals surface area contributed by atoms with Gasteiger partial charge in [-0.3, -0.25) is 0 Å². The van der Waals surface area contributed by atoms with Gasteiger partial charge < -0.3 is 4.74 Å². The number of benzene rings is 4. The molecule has 2 heteroatoms. The Bertz CT molecular complexity index is 952. The van der Waals surface area contributed by atoms with Crippen LogP contribution in [0.15, 0.2) is 121 Å². The van der Waals surface area contributed by atoms with E-state index in [9.17, 15) is 0 Å². The lowest BCUT2D eigenvalue weighted by atomic mass is 10.1. The van der Waals surface area contributed by atoms with Gasteiger partial charge in [-0.1, -0.05) is 91.9 Å². The quantitative estimate of drug-likeness (QED) is 0.266. The smallest absolute Gasteiger partial charge is 0.112 e. The Labute approximate surface area is 193 Å². The van der Waals surface area contributed by atoms with Gasteiger partial charge in [-0.15, -0.1) is 0 Å². The van der Waals surface area contributed by atoms with Gasteiger partial charge in [0.2, 0.25) is 0 Å². The van der Waals surface area contributed by atoms with Crippen molar-refractivity contribution in [2.24, 2.45) is 5.92 Å². The number of hydrogen-bond acceptors (Lipinski definition) is 1. The van der Waals surface area contributed by atoms with Gasteiger partial charge in [-0.2, -0.15) is 0 Å². The van der Waals surface area contributed by atoms with Crippen LogP contribution in [0, 0.1) is 5.92 Å². The van der Waals surface area contributed by atoms with Crippen LogP contribution in [0.4, 0.5) is 0 Å². The second-order valence-corrected chi connectivity index (χ2v) is 12.1. The molecule has 0 amide bonds. The molecule has 0 aromatic heterocycles. The topological polar surface area (TPSA) is 9.23 Å². The fourth-order valence-electron chi connectivity index (χ4n) is 4.33. The summed E-state index contributed by atoms with van der Waals surface area (Å²) in [4.78, 5) is 0. The van der Waals surface area contributed by atoms with Crippen LogP contribution in [0.25, 0.3) is 0 Å². The lowest BCUT2D eigenvalue weighted by Crippen LogP contribution is -2.34. The molecule has 0 spiro atoms. The summed E-state index contributed by atoms with van der Waals surface area (Å²) >= 11 is 0. The summed E-state index contributed by atoms with van der Waals surface area (Å²) < 4.78 is 6.08. The first-order valence-corrected chi connectivity index (χ1v) is 13.4. The highest BCUT2D eigenvalue weighted by Gasteiger charge is 2.44. The molecule has 4 rings (SSSR count). The third kappa shape index (κ3) is 5.36. The Morgan fingerprint density at radius 1 is 0.594 bits per heavy atom. The third-order valence-electron chi connectivity index (χ3n) is 6.06. The molecule has 0 aliphatic heterocycles. The molecule has 162 valence electrons. The molecular weight excluding hydrogens is 407 g/mol. The van der Waals surface area contributed by atoms with Crippen LogP contribution in [0.3, 0.4) is 0 Å². The van der Waals surface area contributed by atoms with E-state index >= 15 is 0 Å². The van der Waals surface area contributed by atoms with Crippen molar-refractivity contribution in [1.82, 2.24) is 0 Å². The summed E-state index contributed by atoms with van der Waals surface area (Å²) in [5, 5.41) is 4.36. The fraction of sp³-hybridized carbons (Fsp3) is 0.200. The standard InChI is InChI=1S/C30H32OP/c1-26(24-31-25-27-14-6-2-7-15-27)22-23-32(28-16-8-3-9-17-28,29-18-10-4-11-19-29)30-20-12-5-13-21-30/h2-21,26H,22-25H2,1H3/q+1/t26-/m1/s1. The van der Waals surface area contributed by atoms with E-state index in [1.165, 1.54) is 21.5 Å². The second-order valence-electron chi connectivity index (χ2n) is 8.43. The Morgan fingerprint density at radius 3 is 1.44 bits per heavy atom. The molecule has 0 radical (unpaired) electrons. The van der Waals surface area contributed by atoms with Gasteiger partial charge in [0.25, 0.3) is 0 Å². The van der Waals surface area contributed by atoms with Gasteiger partial charge in [0.15, 0.2) is 0 Å². The number of ether oxygens (including phenoxy) is 1. The van der Waals surface area contributed by atoms with Crippen molar-refractivity contribution in [3.63, 3.8) is 0 Å². The average Bonchev–Trinajstić information content (AvgIpc) is 2.87. The largest absolute Gasteiger partial charge is 0.376 e. The zero-order valence-electron chi connectivity index (χ0n) is 18.8. The fourth-order valence-corrected chi connectivity index (χ4v) is 8.87. The number of hydrogen-bond donors (Lipinski definition) is 0. The van der Waals surface area contributed by atoms with E-state index in [0.29, 0.717) is 12.5 Å². The van der Waals surface area contributed by atoms with E-state index in [2.05, 4.69) is 122 Å². The molecule has 0 bridgehead atoms. The molecule has 1 nitrogen and oxygen atoms in total. The number of rotatable bonds is 10. The van der Waals surface area contributed by atoms with Crippen molar-refractivity contribution in [3.05, 3.63) is 127 Å². The molecule has 0 fully saturated rings. The van der Waals surface area contributed by atoms with Gasteiger partial charge in [0.05, 0.1) is 12.8 Å². The summed E-state index contributed by atoms with van der Waals surface area (Å²) in [5.74, 6) is 0.495. The van der Waals surface area contributed by atoms with Crippen LogP contribution < -0.4 is 15.9 Å². The van der Waals surface area contributed by atoms with E-state index in [-0.39, 0.29) is 0 Å². The summed E-state index contributed by atoms with van der Waals surface area (Å²) in [6.45, 7) is 3.79. The first kappa shape index (κ1) is 22.5. The summed E-state index contributed by atoms with van der Waals surface area (Å²) in [6, 6.07) is 43.8. The minimum atomic E-state index is -1.75. The van der Waals surface area contributed by atoms with Crippen LogP contribution in [-0.2, 0) is 11.3 Å². The highest BCUT2D eigenvalue weighted by Crippen LogP contribution is 2.56. The molecule has 0 saturated carbocycles. The van der Waals surface area contributed by atoms with Gasteiger partial charge in [0.1, 0.15) is 23.2 Å². The van der Waals surface area contributed by atoms with Crippen LogP contribution in [0.1, 0.15) is 18.9 Å². The minimum Gasteiger partial charge on any atom is -0.376 e. The predicted molar refractivity (Wildman–Crippen MR) is 140 cm³/mol. The van der Waals surface area contributed by atoms with E-state index in [4.69, 9.17) is 4.74 Å². The molecule has 0 heterocycles. The molecule has 4 aromatic rings. The van der Waals surface area contributed by atoms with Gasteiger partial charge in [-0.25, -0.2) is 0 Å². The first-order chi connectivity index (χ1) is 15.8. The van der Waals surface area contributed by atoms with E-state index in [1.807, 2.05) is 6.07 Å².